The van der Waals surface area contributed by atoms with Gasteiger partial charge in [-0.15, -0.1) is 0 Å². The van der Waals surface area contributed by atoms with E-state index in [1.807, 2.05) is 80.6 Å². The first-order chi connectivity index (χ1) is 20.8. The average Bonchev–Trinajstić information content (AvgIpc) is 3.01. The van der Waals surface area contributed by atoms with Gasteiger partial charge in [0.05, 0.1) is 23.4 Å². The Morgan fingerprint density at radius 2 is 1.86 bits per heavy atom. The number of carbonyl (C=O) groups is 2. The Morgan fingerprint density at radius 3 is 2.58 bits per heavy atom. The Hall–Kier alpha value is -4.92. The molecule has 1 heterocycles. The van der Waals surface area contributed by atoms with Gasteiger partial charge in [-0.25, -0.2) is 0 Å². The number of nitrogens with one attached hydrogen (secondary N) is 2. The Bertz CT molecular complexity index is 1510. The van der Waals surface area contributed by atoms with E-state index >= 15 is 0 Å². The summed E-state index contributed by atoms with van der Waals surface area (Å²) in [5.41, 5.74) is 4.60. The van der Waals surface area contributed by atoms with Gasteiger partial charge >= 0.3 is 0 Å². The number of fused-ring (bicyclic) bond motifs is 1. The molecule has 0 bridgehead atoms. The maximum absolute atomic E-state index is 13.2. The van der Waals surface area contributed by atoms with E-state index < -0.39 is 4.92 Å². The molecule has 224 valence electrons. The Balaban J connectivity index is 1.35. The van der Waals surface area contributed by atoms with Crippen molar-refractivity contribution in [3.05, 3.63) is 106 Å². The number of nitrogens with zero attached hydrogens (tertiary/aromatic N) is 2. The summed E-state index contributed by atoms with van der Waals surface area (Å²) in [6.45, 7) is 4.39. The molecule has 1 aliphatic heterocycles. The highest BCUT2D eigenvalue weighted by Crippen LogP contribution is 2.35. The van der Waals surface area contributed by atoms with E-state index in [1.54, 1.807) is 19.2 Å². The van der Waals surface area contributed by atoms with Crippen molar-refractivity contribution >= 4 is 40.1 Å². The van der Waals surface area contributed by atoms with E-state index in [0.717, 1.165) is 46.7 Å². The number of carbonyl (C=O) groups excluding carboxylic acids is 2. The molecule has 2 N–H and O–H groups in total. The fourth-order valence-corrected chi connectivity index (χ4v) is 5.16. The molecule has 0 radical (unpaired) electrons. The molecule has 3 aromatic rings. The van der Waals surface area contributed by atoms with E-state index in [0.29, 0.717) is 19.4 Å². The van der Waals surface area contributed by atoms with Gasteiger partial charge in [0.15, 0.2) is 0 Å². The lowest BCUT2D eigenvalue weighted by Crippen LogP contribution is -2.47. The standard InChI is InChI=1S/C34H38N4O5/c1-4-5-11-24(2)26-18-21-31(38(41)42)29(22-26)35-33(39)15-8-6-7-14-32-34(40)36-28-12-9-10-13-30(28)37(32)23-25-16-19-27(43-3)20-17-25/h4-5,9-13,16-22,32H,6-8,14-15,23H2,1-3H3,(H,35,39)(H,36,40)/b5-4-,24-11+. The van der Waals surface area contributed by atoms with Crippen molar-refractivity contribution in [2.45, 2.75) is 58.5 Å². The van der Waals surface area contributed by atoms with Gasteiger partial charge in [0.25, 0.3) is 5.69 Å². The van der Waals surface area contributed by atoms with Crippen LogP contribution in [0.3, 0.4) is 0 Å². The molecule has 9 nitrogen and oxygen atoms in total. The second-order valence-electron chi connectivity index (χ2n) is 10.5. The molecule has 0 saturated heterocycles. The van der Waals surface area contributed by atoms with E-state index in [1.165, 1.54) is 6.07 Å². The zero-order chi connectivity index (χ0) is 30.8. The quantitative estimate of drug-likeness (QED) is 0.0934. The first-order valence-electron chi connectivity index (χ1n) is 14.5. The number of rotatable bonds is 13. The SMILES string of the molecule is C/C=C\C=C(/C)c1ccc([N+](=O)[O-])c(NC(=O)CCCCCC2C(=O)Nc3ccccc3N2Cc2ccc(OC)cc2)c1. The third-order valence-corrected chi connectivity index (χ3v) is 7.50. The monoisotopic (exact) mass is 582 g/mol. The van der Waals surface area contributed by atoms with Crippen LogP contribution < -0.4 is 20.3 Å². The highest BCUT2D eigenvalue weighted by atomic mass is 16.6. The number of unbranched alkanes of at least 4 members (excludes halogenated alkanes) is 2. The molecule has 43 heavy (non-hydrogen) atoms. The van der Waals surface area contributed by atoms with E-state index in [4.69, 9.17) is 4.74 Å². The minimum absolute atomic E-state index is 0.0454. The number of nitro groups is 1. The number of benzene rings is 3. The molecular weight excluding hydrogens is 544 g/mol. The summed E-state index contributed by atoms with van der Waals surface area (Å²) in [7, 11) is 1.63. The van der Waals surface area contributed by atoms with E-state index in [9.17, 15) is 19.7 Å². The fraction of sp³-hybridized carbons (Fsp3) is 0.294. The summed E-state index contributed by atoms with van der Waals surface area (Å²) in [4.78, 5) is 39.1. The number of hydrogen-bond acceptors (Lipinski definition) is 6. The van der Waals surface area contributed by atoms with Crippen molar-refractivity contribution in [2.24, 2.45) is 0 Å². The molecule has 1 aliphatic rings. The number of para-hydroxylation sites is 2. The number of anilines is 3. The Kier molecular flexibility index (Phi) is 10.7. The largest absolute Gasteiger partial charge is 0.497 e. The van der Waals surface area contributed by atoms with Crippen LogP contribution in [0.2, 0.25) is 0 Å². The van der Waals surface area contributed by atoms with Crippen LogP contribution in [0.5, 0.6) is 5.75 Å². The van der Waals surface area contributed by atoms with Gasteiger partial charge in [-0.2, -0.15) is 0 Å². The van der Waals surface area contributed by atoms with Crippen LogP contribution in [0, 0.1) is 10.1 Å². The molecule has 0 saturated carbocycles. The summed E-state index contributed by atoms with van der Waals surface area (Å²) in [5, 5.41) is 17.3. The molecule has 1 unspecified atom stereocenters. The van der Waals surface area contributed by atoms with E-state index in [-0.39, 0.29) is 35.7 Å². The predicted octanol–water partition coefficient (Wildman–Crippen LogP) is 7.50. The van der Waals surface area contributed by atoms with Crippen molar-refractivity contribution in [1.29, 1.82) is 0 Å². The summed E-state index contributed by atoms with van der Waals surface area (Å²) in [6, 6.07) is 20.0. The molecule has 0 aromatic heterocycles. The molecule has 3 aromatic carbocycles. The summed E-state index contributed by atoms with van der Waals surface area (Å²) >= 11 is 0. The summed E-state index contributed by atoms with van der Waals surface area (Å²) in [5.74, 6) is 0.455. The van der Waals surface area contributed by atoms with Gasteiger partial charge in [-0.3, -0.25) is 19.7 Å². The Labute approximate surface area is 252 Å². The molecule has 0 spiro atoms. The van der Waals surface area contributed by atoms with Gasteiger partial charge in [0.2, 0.25) is 11.8 Å². The van der Waals surface area contributed by atoms with Gasteiger partial charge in [0.1, 0.15) is 17.5 Å². The van der Waals surface area contributed by atoms with Gasteiger partial charge in [-0.05, 0) is 79.8 Å². The topological polar surface area (TPSA) is 114 Å². The van der Waals surface area contributed by atoms with Crippen molar-refractivity contribution in [3.8, 4) is 5.75 Å². The first kappa shape index (κ1) is 31.0. The molecule has 2 amide bonds. The van der Waals surface area contributed by atoms with Crippen molar-refractivity contribution in [3.63, 3.8) is 0 Å². The zero-order valence-electron chi connectivity index (χ0n) is 24.8. The van der Waals surface area contributed by atoms with Crippen LogP contribution in [-0.4, -0.2) is 29.9 Å². The Morgan fingerprint density at radius 1 is 1.09 bits per heavy atom. The third-order valence-electron chi connectivity index (χ3n) is 7.50. The zero-order valence-corrected chi connectivity index (χ0v) is 24.8. The third kappa shape index (κ3) is 8.09. The normalized spacial score (nSPS) is 14.8. The number of methoxy groups -OCH3 is 1. The lowest BCUT2D eigenvalue weighted by molar-refractivity contribution is -0.383. The molecule has 1 atom stereocenters. The second kappa shape index (κ2) is 14.8. The lowest BCUT2D eigenvalue weighted by Gasteiger charge is -2.38. The van der Waals surface area contributed by atoms with Crippen LogP contribution in [0.1, 0.15) is 57.1 Å². The van der Waals surface area contributed by atoms with Crippen molar-refractivity contribution in [1.82, 2.24) is 0 Å². The summed E-state index contributed by atoms with van der Waals surface area (Å²) < 4.78 is 5.28. The highest BCUT2D eigenvalue weighted by Gasteiger charge is 2.32. The first-order valence-corrected chi connectivity index (χ1v) is 14.5. The molecule has 9 heteroatoms. The lowest BCUT2D eigenvalue weighted by atomic mass is 10.00. The number of allylic oxidation sites excluding steroid dienone is 4. The van der Waals surface area contributed by atoms with Crippen LogP contribution in [0.15, 0.2) is 85.0 Å². The van der Waals surface area contributed by atoms with E-state index in [2.05, 4.69) is 15.5 Å². The molecular formula is C34H38N4O5. The number of ether oxygens (including phenoxy) is 1. The number of amides is 2. The van der Waals surface area contributed by atoms with Gasteiger partial charge in [0, 0.05) is 19.0 Å². The predicted molar refractivity (Wildman–Crippen MR) is 171 cm³/mol. The molecule has 0 aliphatic carbocycles. The second-order valence-corrected chi connectivity index (χ2v) is 10.5. The minimum Gasteiger partial charge on any atom is -0.497 e. The number of hydrogen-bond donors (Lipinski definition) is 2. The smallest absolute Gasteiger partial charge is 0.292 e. The maximum Gasteiger partial charge on any atom is 0.292 e. The fourth-order valence-electron chi connectivity index (χ4n) is 5.16. The average molecular weight is 583 g/mol. The van der Waals surface area contributed by atoms with Crippen LogP contribution in [0.25, 0.3) is 5.57 Å². The molecule has 4 rings (SSSR count). The molecule has 0 fully saturated rings. The van der Waals surface area contributed by atoms with Gasteiger partial charge < -0.3 is 20.3 Å². The van der Waals surface area contributed by atoms with Crippen molar-refractivity contribution in [2.75, 3.05) is 22.6 Å². The van der Waals surface area contributed by atoms with Crippen molar-refractivity contribution < 1.29 is 19.2 Å². The highest BCUT2D eigenvalue weighted by molar-refractivity contribution is 6.03. The van der Waals surface area contributed by atoms with Gasteiger partial charge in [-0.1, -0.05) is 55.3 Å². The van der Waals surface area contributed by atoms with Crippen LogP contribution in [-0.2, 0) is 16.1 Å². The van der Waals surface area contributed by atoms with Crippen LogP contribution >= 0.6 is 0 Å². The minimum atomic E-state index is -0.491. The van der Waals surface area contributed by atoms with Crippen LogP contribution in [0.4, 0.5) is 22.7 Å². The summed E-state index contributed by atoms with van der Waals surface area (Å²) in [6.07, 6.45) is 8.64. The number of nitro benzene ring substituents is 1. The maximum atomic E-state index is 13.2.